The van der Waals surface area contributed by atoms with Crippen molar-refractivity contribution in [3.8, 4) is 0 Å². The number of unbranched alkanes of at least 4 members (excludes halogenated alkanes) is 5. The SMILES string of the molecule is CCCCC/C=C\C/C=C\C/C=C\C/C=C\CCCCOC(N)=O. The minimum Gasteiger partial charge on any atom is -0.450 e. The molecule has 0 bridgehead atoms. The van der Waals surface area contributed by atoms with Crippen LogP contribution in [0, 0.1) is 0 Å². The highest BCUT2D eigenvalue weighted by molar-refractivity contribution is 5.64. The van der Waals surface area contributed by atoms with Gasteiger partial charge in [-0.3, -0.25) is 0 Å². The minimum atomic E-state index is -0.687. The van der Waals surface area contributed by atoms with Crippen LogP contribution in [0.1, 0.15) is 71.1 Å². The number of hydrogen-bond donors (Lipinski definition) is 1. The third-order valence-electron chi connectivity index (χ3n) is 3.47. The van der Waals surface area contributed by atoms with Gasteiger partial charge in [0.1, 0.15) is 0 Å². The van der Waals surface area contributed by atoms with Crippen LogP contribution < -0.4 is 5.73 Å². The summed E-state index contributed by atoms with van der Waals surface area (Å²) in [4.78, 5) is 10.4. The molecule has 0 aromatic carbocycles. The molecule has 0 saturated heterocycles. The molecule has 0 saturated carbocycles. The summed E-state index contributed by atoms with van der Waals surface area (Å²) >= 11 is 0. The summed E-state index contributed by atoms with van der Waals surface area (Å²) in [5, 5.41) is 0. The van der Waals surface area contributed by atoms with E-state index in [1.807, 2.05) is 0 Å². The van der Waals surface area contributed by atoms with Gasteiger partial charge in [-0.1, -0.05) is 68.4 Å². The fourth-order valence-corrected chi connectivity index (χ4v) is 2.10. The molecule has 0 radical (unpaired) electrons. The molecular formula is C21H35NO2. The van der Waals surface area contributed by atoms with Crippen LogP contribution in [0.25, 0.3) is 0 Å². The van der Waals surface area contributed by atoms with Gasteiger partial charge in [0.15, 0.2) is 0 Å². The van der Waals surface area contributed by atoms with Crippen molar-refractivity contribution in [1.29, 1.82) is 0 Å². The highest BCUT2D eigenvalue weighted by atomic mass is 16.5. The van der Waals surface area contributed by atoms with E-state index in [9.17, 15) is 4.79 Å². The molecule has 1 amide bonds. The van der Waals surface area contributed by atoms with Crippen LogP contribution in [0.15, 0.2) is 48.6 Å². The molecule has 3 heteroatoms. The Morgan fingerprint density at radius 1 is 0.750 bits per heavy atom. The van der Waals surface area contributed by atoms with Crippen LogP contribution >= 0.6 is 0 Å². The molecule has 0 rings (SSSR count). The first kappa shape index (κ1) is 22.2. The third-order valence-corrected chi connectivity index (χ3v) is 3.47. The molecule has 3 nitrogen and oxygen atoms in total. The third kappa shape index (κ3) is 20.2. The summed E-state index contributed by atoms with van der Waals surface area (Å²) in [5.74, 6) is 0. The molecule has 0 fully saturated rings. The zero-order chi connectivity index (χ0) is 17.7. The summed E-state index contributed by atoms with van der Waals surface area (Å²) in [6, 6.07) is 0. The number of carbonyl (C=O) groups is 1. The van der Waals surface area contributed by atoms with E-state index in [1.54, 1.807) is 0 Å². The van der Waals surface area contributed by atoms with E-state index in [0.29, 0.717) is 6.61 Å². The molecule has 0 aliphatic heterocycles. The highest BCUT2D eigenvalue weighted by Crippen LogP contribution is 2.01. The van der Waals surface area contributed by atoms with Gasteiger partial charge in [-0.15, -0.1) is 0 Å². The highest BCUT2D eigenvalue weighted by Gasteiger charge is 1.91. The standard InChI is InChI=1S/C21H35NO2/c1-2-3-4-5-6-7-8-9-10-11-12-13-14-15-16-17-18-19-20-24-21(22)23/h6-7,9-10,12-13,15-16H,2-5,8,11,14,17-20H2,1H3,(H2,22,23)/b7-6-,10-9-,13-12-,16-15-. The van der Waals surface area contributed by atoms with Crippen LogP contribution in [0.4, 0.5) is 4.79 Å². The largest absolute Gasteiger partial charge is 0.450 e. The molecule has 0 aliphatic carbocycles. The first-order valence-corrected chi connectivity index (χ1v) is 9.29. The van der Waals surface area contributed by atoms with E-state index >= 15 is 0 Å². The fraction of sp³-hybridized carbons (Fsp3) is 0.571. The van der Waals surface area contributed by atoms with Crippen LogP contribution in [0.2, 0.25) is 0 Å². The summed E-state index contributed by atoms with van der Waals surface area (Å²) < 4.78 is 4.66. The van der Waals surface area contributed by atoms with Gasteiger partial charge in [-0.05, 0) is 51.4 Å². The second kappa shape index (κ2) is 19.3. The Balaban J connectivity index is 3.37. The summed E-state index contributed by atoms with van der Waals surface area (Å²) in [6.07, 6.45) is 28.1. The van der Waals surface area contributed by atoms with Gasteiger partial charge in [-0.2, -0.15) is 0 Å². The molecule has 0 heterocycles. The van der Waals surface area contributed by atoms with E-state index in [1.165, 1.54) is 25.7 Å². The Bertz CT molecular complexity index is 395. The second-order valence-corrected chi connectivity index (χ2v) is 5.75. The summed E-state index contributed by atoms with van der Waals surface area (Å²) in [7, 11) is 0. The van der Waals surface area contributed by atoms with Crippen LogP contribution in [0.5, 0.6) is 0 Å². The summed E-state index contributed by atoms with van der Waals surface area (Å²) in [5.41, 5.74) is 4.88. The predicted octanol–water partition coefficient (Wildman–Crippen LogP) is 6.23. The lowest BCUT2D eigenvalue weighted by atomic mass is 10.2. The van der Waals surface area contributed by atoms with E-state index in [2.05, 4.69) is 60.3 Å². The predicted molar refractivity (Wildman–Crippen MR) is 104 cm³/mol. The minimum absolute atomic E-state index is 0.420. The van der Waals surface area contributed by atoms with Gasteiger partial charge in [0, 0.05) is 0 Å². The number of amides is 1. The van der Waals surface area contributed by atoms with Gasteiger partial charge in [-0.25, -0.2) is 4.79 Å². The Hall–Kier alpha value is -1.77. The van der Waals surface area contributed by atoms with Crippen LogP contribution in [-0.2, 0) is 4.74 Å². The number of hydrogen-bond acceptors (Lipinski definition) is 2. The fourth-order valence-electron chi connectivity index (χ4n) is 2.10. The van der Waals surface area contributed by atoms with Crippen molar-refractivity contribution in [2.75, 3.05) is 6.61 Å². The van der Waals surface area contributed by atoms with Crippen molar-refractivity contribution >= 4 is 6.09 Å². The number of ether oxygens (including phenoxy) is 1. The van der Waals surface area contributed by atoms with Crippen molar-refractivity contribution in [2.45, 2.75) is 71.1 Å². The summed E-state index contributed by atoms with van der Waals surface area (Å²) in [6.45, 7) is 2.66. The van der Waals surface area contributed by atoms with Crippen molar-refractivity contribution in [3.05, 3.63) is 48.6 Å². The number of rotatable bonds is 15. The monoisotopic (exact) mass is 333 g/mol. The Morgan fingerprint density at radius 3 is 1.67 bits per heavy atom. The molecule has 0 unspecified atom stereocenters. The molecule has 0 aromatic rings. The average Bonchev–Trinajstić information content (AvgIpc) is 2.56. The lowest BCUT2D eigenvalue weighted by Crippen LogP contribution is -2.13. The molecular weight excluding hydrogens is 298 g/mol. The second-order valence-electron chi connectivity index (χ2n) is 5.75. The van der Waals surface area contributed by atoms with E-state index in [-0.39, 0.29) is 0 Å². The zero-order valence-electron chi connectivity index (χ0n) is 15.3. The van der Waals surface area contributed by atoms with E-state index < -0.39 is 6.09 Å². The van der Waals surface area contributed by atoms with E-state index in [4.69, 9.17) is 5.73 Å². The Kier molecular flexibility index (Phi) is 17.9. The lowest BCUT2D eigenvalue weighted by Gasteiger charge is -1.98. The number of carbonyl (C=O) groups excluding carboxylic acids is 1. The number of primary amides is 1. The average molecular weight is 334 g/mol. The maximum atomic E-state index is 10.4. The van der Waals surface area contributed by atoms with Crippen molar-refractivity contribution in [1.82, 2.24) is 0 Å². The number of nitrogens with two attached hydrogens (primary N) is 1. The van der Waals surface area contributed by atoms with Gasteiger partial charge >= 0.3 is 6.09 Å². The zero-order valence-corrected chi connectivity index (χ0v) is 15.3. The van der Waals surface area contributed by atoms with Gasteiger partial charge in [0.05, 0.1) is 6.61 Å². The maximum absolute atomic E-state index is 10.4. The lowest BCUT2D eigenvalue weighted by molar-refractivity contribution is 0.154. The molecule has 24 heavy (non-hydrogen) atoms. The number of allylic oxidation sites excluding steroid dienone is 8. The van der Waals surface area contributed by atoms with Crippen LogP contribution in [-0.4, -0.2) is 12.7 Å². The maximum Gasteiger partial charge on any atom is 0.404 e. The molecule has 0 aromatic heterocycles. The molecule has 0 spiro atoms. The quantitative estimate of drug-likeness (QED) is 0.285. The molecule has 0 atom stereocenters. The smallest absolute Gasteiger partial charge is 0.404 e. The topological polar surface area (TPSA) is 52.3 Å². The normalized spacial score (nSPS) is 12.2. The Morgan fingerprint density at radius 2 is 1.21 bits per heavy atom. The van der Waals surface area contributed by atoms with Crippen molar-refractivity contribution in [3.63, 3.8) is 0 Å². The Labute approximate surface area is 148 Å². The molecule has 136 valence electrons. The molecule has 2 N–H and O–H groups in total. The van der Waals surface area contributed by atoms with Gasteiger partial charge < -0.3 is 10.5 Å². The van der Waals surface area contributed by atoms with Crippen LogP contribution in [0.3, 0.4) is 0 Å². The van der Waals surface area contributed by atoms with Gasteiger partial charge in [0.2, 0.25) is 0 Å². The van der Waals surface area contributed by atoms with Crippen molar-refractivity contribution in [2.24, 2.45) is 5.73 Å². The van der Waals surface area contributed by atoms with Crippen molar-refractivity contribution < 1.29 is 9.53 Å². The first-order valence-electron chi connectivity index (χ1n) is 9.29. The first-order chi connectivity index (χ1) is 11.8. The molecule has 0 aliphatic rings. The van der Waals surface area contributed by atoms with E-state index in [0.717, 1.165) is 38.5 Å². The van der Waals surface area contributed by atoms with Gasteiger partial charge in [0.25, 0.3) is 0 Å².